The summed E-state index contributed by atoms with van der Waals surface area (Å²) in [7, 11) is 0. The third-order valence-electron chi connectivity index (χ3n) is 2.56. The molecule has 0 bridgehead atoms. The summed E-state index contributed by atoms with van der Waals surface area (Å²) < 4.78 is 0. The molecule has 0 aliphatic rings. The van der Waals surface area contributed by atoms with Crippen molar-refractivity contribution < 1.29 is 14.8 Å². The number of fused-ring (bicyclic) bond motifs is 1. The SMILES string of the molecule is CC(Sc1ccnc2c([N+](=O)[O-])cccc12)C(=O)O. The van der Waals surface area contributed by atoms with Crippen molar-refractivity contribution in [2.45, 2.75) is 17.1 Å². The summed E-state index contributed by atoms with van der Waals surface area (Å²) in [6, 6.07) is 6.31. The molecule has 0 spiro atoms. The molecule has 0 aliphatic carbocycles. The van der Waals surface area contributed by atoms with Crippen molar-refractivity contribution in [1.29, 1.82) is 0 Å². The third-order valence-corrected chi connectivity index (χ3v) is 3.72. The molecule has 6 nitrogen and oxygen atoms in total. The Hall–Kier alpha value is -2.15. The number of thioether (sulfide) groups is 1. The number of nitro groups is 1. The van der Waals surface area contributed by atoms with E-state index in [1.807, 2.05) is 0 Å². The molecule has 1 N–H and O–H groups in total. The molecule has 19 heavy (non-hydrogen) atoms. The minimum absolute atomic E-state index is 0.0806. The van der Waals surface area contributed by atoms with Gasteiger partial charge in [-0.25, -0.2) is 4.98 Å². The average molecular weight is 278 g/mol. The van der Waals surface area contributed by atoms with Crippen molar-refractivity contribution in [3.8, 4) is 0 Å². The number of hydrogen-bond donors (Lipinski definition) is 1. The highest BCUT2D eigenvalue weighted by molar-refractivity contribution is 8.00. The third kappa shape index (κ3) is 2.65. The van der Waals surface area contributed by atoms with E-state index in [1.54, 1.807) is 25.1 Å². The first kappa shape index (κ1) is 13.3. The van der Waals surface area contributed by atoms with Gasteiger partial charge in [0.2, 0.25) is 0 Å². The lowest BCUT2D eigenvalue weighted by Crippen LogP contribution is -2.11. The zero-order valence-electron chi connectivity index (χ0n) is 9.94. The Bertz CT molecular complexity index is 659. The average Bonchev–Trinajstić information content (AvgIpc) is 2.38. The van der Waals surface area contributed by atoms with Gasteiger partial charge in [-0.15, -0.1) is 11.8 Å². The fourth-order valence-corrected chi connectivity index (χ4v) is 2.54. The van der Waals surface area contributed by atoms with E-state index in [1.165, 1.54) is 12.3 Å². The zero-order valence-corrected chi connectivity index (χ0v) is 10.8. The number of rotatable bonds is 4. The molecule has 7 heteroatoms. The van der Waals surface area contributed by atoms with Gasteiger partial charge in [0.25, 0.3) is 5.69 Å². The molecule has 2 aromatic rings. The highest BCUT2D eigenvalue weighted by atomic mass is 32.2. The van der Waals surface area contributed by atoms with Gasteiger partial charge in [0, 0.05) is 22.5 Å². The van der Waals surface area contributed by atoms with Gasteiger partial charge in [0.1, 0.15) is 10.8 Å². The molecule has 0 amide bonds. The second-order valence-electron chi connectivity index (χ2n) is 3.84. The van der Waals surface area contributed by atoms with E-state index in [0.717, 1.165) is 11.8 Å². The molecule has 0 aliphatic heterocycles. The van der Waals surface area contributed by atoms with Crippen molar-refractivity contribution in [3.63, 3.8) is 0 Å². The van der Waals surface area contributed by atoms with Gasteiger partial charge in [0.05, 0.1) is 4.92 Å². The van der Waals surface area contributed by atoms with Crippen LogP contribution in [-0.2, 0) is 4.79 Å². The molecule has 0 fully saturated rings. The molecule has 1 aromatic carbocycles. The lowest BCUT2D eigenvalue weighted by molar-refractivity contribution is -0.383. The number of carboxylic acid groups (broad SMARTS) is 1. The zero-order chi connectivity index (χ0) is 14.0. The topological polar surface area (TPSA) is 93.3 Å². The van der Waals surface area contributed by atoms with Crippen LogP contribution in [0.5, 0.6) is 0 Å². The Morgan fingerprint density at radius 2 is 2.21 bits per heavy atom. The predicted octanol–water partition coefficient (Wildman–Crippen LogP) is 2.71. The second kappa shape index (κ2) is 5.23. The van der Waals surface area contributed by atoms with E-state index < -0.39 is 16.1 Å². The first-order valence-corrected chi connectivity index (χ1v) is 6.30. The first-order chi connectivity index (χ1) is 9.00. The van der Waals surface area contributed by atoms with Gasteiger partial charge in [0.15, 0.2) is 0 Å². The molecule has 0 saturated carbocycles. The monoisotopic (exact) mass is 278 g/mol. The van der Waals surface area contributed by atoms with E-state index in [4.69, 9.17) is 5.11 Å². The number of nitro benzene ring substituents is 1. The maximum absolute atomic E-state index is 10.9. The molecule has 2 rings (SSSR count). The van der Waals surface area contributed by atoms with E-state index >= 15 is 0 Å². The number of hydrogen-bond acceptors (Lipinski definition) is 5. The van der Waals surface area contributed by atoms with E-state index in [-0.39, 0.29) is 11.2 Å². The van der Waals surface area contributed by atoms with Crippen LogP contribution in [0, 0.1) is 10.1 Å². The summed E-state index contributed by atoms with van der Waals surface area (Å²) in [6.45, 7) is 1.57. The second-order valence-corrected chi connectivity index (χ2v) is 5.22. The van der Waals surface area contributed by atoms with Crippen LogP contribution in [0.4, 0.5) is 5.69 Å². The van der Waals surface area contributed by atoms with Crippen LogP contribution < -0.4 is 0 Å². The quantitative estimate of drug-likeness (QED) is 0.525. The van der Waals surface area contributed by atoms with Gasteiger partial charge in [-0.3, -0.25) is 14.9 Å². The summed E-state index contributed by atoms with van der Waals surface area (Å²) in [5.74, 6) is -0.930. The fourth-order valence-electron chi connectivity index (χ4n) is 1.63. The number of non-ortho nitro benzene ring substituents is 1. The summed E-state index contributed by atoms with van der Waals surface area (Å²) in [6.07, 6.45) is 1.45. The first-order valence-electron chi connectivity index (χ1n) is 5.42. The van der Waals surface area contributed by atoms with E-state index in [2.05, 4.69) is 4.98 Å². The molecular weight excluding hydrogens is 268 g/mol. The van der Waals surface area contributed by atoms with Crippen molar-refractivity contribution in [2.24, 2.45) is 0 Å². The van der Waals surface area contributed by atoms with Crippen molar-refractivity contribution in [2.75, 3.05) is 0 Å². The van der Waals surface area contributed by atoms with Gasteiger partial charge in [-0.2, -0.15) is 0 Å². The van der Waals surface area contributed by atoms with Crippen LogP contribution in [0.15, 0.2) is 35.4 Å². The molecular formula is C12H10N2O4S. The number of pyridine rings is 1. The number of carbonyl (C=O) groups is 1. The van der Waals surface area contributed by atoms with Crippen molar-refractivity contribution in [3.05, 3.63) is 40.6 Å². The Morgan fingerprint density at radius 1 is 1.47 bits per heavy atom. The molecule has 0 saturated heterocycles. The number of nitrogens with zero attached hydrogens (tertiary/aromatic N) is 2. The van der Waals surface area contributed by atoms with Gasteiger partial charge in [-0.1, -0.05) is 12.1 Å². The summed E-state index contributed by atoms with van der Waals surface area (Å²) >= 11 is 1.14. The fraction of sp³-hybridized carbons (Fsp3) is 0.167. The molecule has 98 valence electrons. The van der Waals surface area contributed by atoms with Crippen LogP contribution in [0.1, 0.15) is 6.92 Å². The van der Waals surface area contributed by atoms with Crippen molar-refractivity contribution >= 4 is 34.3 Å². The summed E-state index contributed by atoms with van der Waals surface area (Å²) in [5.41, 5.74) is 0.193. The van der Waals surface area contributed by atoms with Crippen LogP contribution in [0.25, 0.3) is 10.9 Å². The maximum atomic E-state index is 10.9. The molecule has 1 unspecified atom stereocenters. The summed E-state index contributed by atoms with van der Waals surface area (Å²) in [5, 5.41) is 19.8. The lowest BCUT2D eigenvalue weighted by atomic mass is 10.2. The number of carboxylic acids is 1. The minimum atomic E-state index is -0.930. The maximum Gasteiger partial charge on any atom is 0.316 e. The highest BCUT2D eigenvalue weighted by Crippen LogP contribution is 2.33. The van der Waals surface area contributed by atoms with Crippen LogP contribution in [0.3, 0.4) is 0 Å². The number of para-hydroxylation sites is 1. The Morgan fingerprint density at radius 3 is 2.84 bits per heavy atom. The number of aliphatic carboxylic acids is 1. The van der Waals surface area contributed by atoms with E-state index in [9.17, 15) is 14.9 Å². The Labute approximate surface area is 112 Å². The molecule has 1 heterocycles. The largest absolute Gasteiger partial charge is 0.480 e. The van der Waals surface area contributed by atoms with Gasteiger partial charge in [-0.05, 0) is 13.0 Å². The number of aromatic nitrogens is 1. The number of benzene rings is 1. The highest BCUT2D eigenvalue weighted by Gasteiger charge is 2.18. The molecule has 1 atom stereocenters. The normalized spacial score (nSPS) is 12.3. The predicted molar refractivity (Wildman–Crippen MR) is 71.4 cm³/mol. The van der Waals surface area contributed by atoms with Crippen LogP contribution >= 0.6 is 11.8 Å². The summed E-state index contributed by atoms with van der Waals surface area (Å²) in [4.78, 5) is 26.0. The van der Waals surface area contributed by atoms with Gasteiger partial charge >= 0.3 is 5.97 Å². The van der Waals surface area contributed by atoms with Crippen molar-refractivity contribution in [1.82, 2.24) is 4.98 Å². The standard InChI is InChI=1S/C12H10N2O4S/c1-7(12(15)16)19-10-5-6-13-11-8(10)3-2-4-9(11)14(17)18/h2-7H,1H3,(H,15,16). The Balaban J connectivity index is 2.55. The van der Waals surface area contributed by atoms with E-state index in [0.29, 0.717) is 10.3 Å². The smallest absolute Gasteiger partial charge is 0.316 e. The van der Waals surface area contributed by atoms with Crippen LogP contribution in [-0.4, -0.2) is 26.2 Å². The lowest BCUT2D eigenvalue weighted by Gasteiger charge is -2.08. The Kier molecular flexibility index (Phi) is 3.66. The molecule has 1 aromatic heterocycles. The molecule has 0 radical (unpaired) electrons. The van der Waals surface area contributed by atoms with Crippen LogP contribution in [0.2, 0.25) is 0 Å². The minimum Gasteiger partial charge on any atom is -0.480 e. The van der Waals surface area contributed by atoms with Gasteiger partial charge < -0.3 is 5.11 Å².